The van der Waals surface area contributed by atoms with Crippen LogP contribution in [0.3, 0.4) is 0 Å². The number of carbonyl (C=O) groups excluding carboxylic acids is 1. The molecule has 20 heavy (non-hydrogen) atoms. The van der Waals surface area contributed by atoms with Crippen LogP contribution in [0.2, 0.25) is 0 Å². The molecule has 1 heterocycles. The Morgan fingerprint density at radius 3 is 2.20 bits per heavy atom. The maximum Gasteiger partial charge on any atom is 0.196 e. The van der Waals surface area contributed by atoms with E-state index in [0.717, 1.165) is 22.5 Å². The van der Waals surface area contributed by atoms with Crippen molar-refractivity contribution in [2.45, 2.75) is 27.7 Å². The van der Waals surface area contributed by atoms with Crippen LogP contribution in [0.4, 0.5) is 0 Å². The topological polar surface area (TPSA) is 39.2 Å². The highest BCUT2D eigenvalue weighted by atomic mass is 16.5. The molecule has 0 aliphatic rings. The van der Waals surface area contributed by atoms with Gasteiger partial charge in [0.15, 0.2) is 5.78 Å². The summed E-state index contributed by atoms with van der Waals surface area (Å²) in [6.45, 7) is 7.75. The fourth-order valence-corrected chi connectivity index (χ4v) is 2.35. The lowest BCUT2D eigenvalue weighted by molar-refractivity contribution is 0.103. The number of hydrogen-bond acceptors (Lipinski definition) is 3. The van der Waals surface area contributed by atoms with Crippen molar-refractivity contribution in [3.63, 3.8) is 0 Å². The number of rotatable bonds is 3. The van der Waals surface area contributed by atoms with Gasteiger partial charge in [0.1, 0.15) is 5.75 Å². The van der Waals surface area contributed by atoms with Crippen LogP contribution in [0.25, 0.3) is 0 Å². The van der Waals surface area contributed by atoms with Crippen LogP contribution in [-0.4, -0.2) is 17.9 Å². The minimum absolute atomic E-state index is 0.0291. The van der Waals surface area contributed by atoms with E-state index in [1.807, 2.05) is 52.0 Å². The van der Waals surface area contributed by atoms with Gasteiger partial charge in [0, 0.05) is 17.0 Å². The van der Waals surface area contributed by atoms with Gasteiger partial charge in [-0.15, -0.1) is 0 Å². The molecule has 2 aromatic rings. The summed E-state index contributed by atoms with van der Waals surface area (Å²) >= 11 is 0. The number of carbonyl (C=O) groups is 1. The van der Waals surface area contributed by atoms with E-state index in [2.05, 4.69) is 4.98 Å². The van der Waals surface area contributed by atoms with Gasteiger partial charge in [-0.2, -0.15) is 0 Å². The number of methoxy groups -OCH3 is 1. The first-order valence-electron chi connectivity index (χ1n) is 6.58. The van der Waals surface area contributed by atoms with E-state index < -0.39 is 0 Å². The predicted molar refractivity (Wildman–Crippen MR) is 79.6 cm³/mol. The van der Waals surface area contributed by atoms with Crippen LogP contribution >= 0.6 is 0 Å². The van der Waals surface area contributed by atoms with Crippen LogP contribution in [0.15, 0.2) is 24.3 Å². The molecular weight excluding hydrogens is 250 g/mol. The van der Waals surface area contributed by atoms with Gasteiger partial charge in [0.2, 0.25) is 0 Å². The molecule has 1 aromatic heterocycles. The van der Waals surface area contributed by atoms with Gasteiger partial charge in [-0.05, 0) is 57.0 Å². The average molecular weight is 269 g/mol. The molecule has 0 radical (unpaired) electrons. The summed E-state index contributed by atoms with van der Waals surface area (Å²) in [5.74, 6) is 0.626. The number of nitrogens with zero attached hydrogens (tertiary/aromatic N) is 1. The van der Waals surface area contributed by atoms with Crippen LogP contribution in [0, 0.1) is 27.7 Å². The maximum absolute atomic E-state index is 12.7. The molecule has 0 saturated heterocycles. The molecule has 0 fully saturated rings. The average Bonchev–Trinajstić information content (AvgIpc) is 2.39. The lowest BCUT2D eigenvalue weighted by Gasteiger charge is -2.13. The highest BCUT2D eigenvalue weighted by Gasteiger charge is 2.17. The highest BCUT2D eigenvalue weighted by Crippen LogP contribution is 2.28. The molecule has 104 valence electrons. The van der Waals surface area contributed by atoms with Crippen LogP contribution in [0.5, 0.6) is 5.75 Å². The molecule has 0 N–H and O–H groups in total. The molecule has 3 nitrogen and oxygen atoms in total. The first-order chi connectivity index (χ1) is 9.43. The molecule has 0 aliphatic carbocycles. The van der Waals surface area contributed by atoms with Gasteiger partial charge in [-0.1, -0.05) is 6.07 Å². The predicted octanol–water partition coefficient (Wildman–Crippen LogP) is 3.55. The number of ether oxygens (including phenoxy) is 1. The molecule has 1 aromatic carbocycles. The molecule has 0 bridgehead atoms. The molecule has 2 rings (SSSR count). The van der Waals surface area contributed by atoms with Gasteiger partial charge in [0.05, 0.1) is 12.7 Å². The van der Waals surface area contributed by atoms with Gasteiger partial charge >= 0.3 is 0 Å². The molecule has 0 aliphatic heterocycles. The summed E-state index contributed by atoms with van der Waals surface area (Å²) in [4.78, 5) is 17.0. The van der Waals surface area contributed by atoms with Crippen molar-refractivity contribution in [1.82, 2.24) is 4.98 Å². The molecule has 0 atom stereocenters. The van der Waals surface area contributed by atoms with Crippen molar-refractivity contribution >= 4 is 5.78 Å². The summed E-state index contributed by atoms with van der Waals surface area (Å²) in [5.41, 5.74) is 5.05. The molecule has 0 saturated carbocycles. The third-order valence-electron chi connectivity index (χ3n) is 3.47. The second-order valence-electron chi connectivity index (χ2n) is 5.06. The van der Waals surface area contributed by atoms with E-state index in [4.69, 9.17) is 4.74 Å². The zero-order chi connectivity index (χ0) is 14.9. The lowest BCUT2D eigenvalue weighted by Crippen LogP contribution is -2.07. The van der Waals surface area contributed by atoms with E-state index in [0.29, 0.717) is 16.9 Å². The van der Waals surface area contributed by atoms with Crippen LogP contribution < -0.4 is 4.74 Å². The molecule has 3 heteroatoms. The number of aromatic nitrogens is 1. The number of benzene rings is 1. The summed E-state index contributed by atoms with van der Waals surface area (Å²) in [5, 5.41) is 0. The SMILES string of the molecule is COc1c(C(=O)c2cc(C)nc(C)c2)ccc(C)c1C. The Kier molecular flexibility index (Phi) is 3.89. The second kappa shape index (κ2) is 5.45. The molecule has 0 spiro atoms. The monoisotopic (exact) mass is 269 g/mol. The standard InChI is InChI=1S/C17H19NO2/c1-10-6-7-15(17(20-5)13(10)4)16(19)14-8-11(2)18-12(3)9-14/h6-9H,1-5H3. The summed E-state index contributed by atoms with van der Waals surface area (Å²) < 4.78 is 5.42. The fraction of sp³-hybridized carbons (Fsp3) is 0.294. The van der Waals surface area contributed by atoms with Crippen molar-refractivity contribution in [2.24, 2.45) is 0 Å². The zero-order valence-corrected chi connectivity index (χ0v) is 12.6. The highest BCUT2D eigenvalue weighted by molar-refractivity contribution is 6.11. The normalized spacial score (nSPS) is 10.4. The van der Waals surface area contributed by atoms with Gasteiger partial charge in [-0.25, -0.2) is 0 Å². The Balaban J connectivity index is 2.56. The third-order valence-corrected chi connectivity index (χ3v) is 3.47. The number of hydrogen-bond donors (Lipinski definition) is 0. The van der Waals surface area contributed by atoms with Gasteiger partial charge < -0.3 is 4.74 Å². The Bertz CT molecular complexity index is 655. The van der Waals surface area contributed by atoms with E-state index in [9.17, 15) is 4.79 Å². The number of aryl methyl sites for hydroxylation is 3. The largest absolute Gasteiger partial charge is 0.496 e. The summed E-state index contributed by atoms with van der Waals surface area (Å²) in [6.07, 6.45) is 0. The quantitative estimate of drug-likeness (QED) is 0.800. The van der Waals surface area contributed by atoms with Crippen LogP contribution in [-0.2, 0) is 0 Å². The molecule has 0 unspecified atom stereocenters. The van der Waals surface area contributed by atoms with E-state index in [-0.39, 0.29) is 5.78 Å². The minimum Gasteiger partial charge on any atom is -0.496 e. The van der Waals surface area contributed by atoms with E-state index in [1.54, 1.807) is 7.11 Å². The Labute approximate surface area is 119 Å². The molecule has 0 amide bonds. The Morgan fingerprint density at radius 1 is 1.05 bits per heavy atom. The maximum atomic E-state index is 12.7. The molecular formula is C17H19NO2. The zero-order valence-electron chi connectivity index (χ0n) is 12.6. The Hall–Kier alpha value is -2.16. The van der Waals surface area contributed by atoms with Crippen molar-refractivity contribution in [2.75, 3.05) is 7.11 Å². The van der Waals surface area contributed by atoms with Crippen molar-refractivity contribution in [3.8, 4) is 5.75 Å². The summed E-state index contributed by atoms with van der Waals surface area (Å²) in [6, 6.07) is 7.40. The number of ketones is 1. The smallest absolute Gasteiger partial charge is 0.196 e. The lowest BCUT2D eigenvalue weighted by atomic mass is 9.97. The Morgan fingerprint density at radius 2 is 1.65 bits per heavy atom. The van der Waals surface area contributed by atoms with E-state index >= 15 is 0 Å². The van der Waals surface area contributed by atoms with E-state index in [1.165, 1.54) is 0 Å². The second-order valence-corrected chi connectivity index (χ2v) is 5.06. The van der Waals surface area contributed by atoms with Crippen molar-refractivity contribution in [3.05, 3.63) is 57.9 Å². The van der Waals surface area contributed by atoms with Gasteiger partial charge in [0.25, 0.3) is 0 Å². The minimum atomic E-state index is -0.0291. The first-order valence-corrected chi connectivity index (χ1v) is 6.58. The van der Waals surface area contributed by atoms with Crippen molar-refractivity contribution < 1.29 is 9.53 Å². The van der Waals surface area contributed by atoms with Crippen molar-refractivity contribution in [1.29, 1.82) is 0 Å². The fourth-order valence-electron chi connectivity index (χ4n) is 2.35. The van der Waals surface area contributed by atoms with Crippen LogP contribution in [0.1, 0.15) is 38.4 Å². The van der Waals surface area contributed by atoms with Gasteiger partial charge in [-0.3, -0.25) is 9.78 Å². The summed E-state index contributed by atoms with van der Waals surface area (Å²) in [7, 11) is 1.60. The third kappa shape index (κ3) is 2.57. The number of pyridine rings is 1. The first kappa shape index (κ1) is 14.3.